The fourth-order valence-electron chi connectivity index (χ4n) is 2.25. The number of benzene rings is 2. The molecule has 0 heteroatoms. The van der Waals surface area contributed by atoms with Gasteiger partial charge in [-0.05, 0) is 35.4 Å². The molecule has 0 amide bonds. The molecule has 2 aromatic rings. The molecule has 0 spiro atoms. The first-order valence-electron chi connectivity index (χ1n) is 6.39. The molecule has 0 aliphatic carbocycles. The van der Waals surface area contributed by atoms with E-state index in [2.05, 4.69) is 68.4 Å². The first-order valence-corrected chi connectivity index (χ1v) is 6.39. The van der Waals surface area contributed by atoms with E-state index in [-0.39, 0.29) is 0 Å². The summed E-state index contributed by atoms with van der Waals surface area (Å²) in [5.41, 5.74) is 4.40. The maximum atomic E-state index is 2.27. The maximum Gasteiger partial charge on any atom is -0.0216 e. The van der Waals surface area contributed by atoms with Crippen molar-refractivity contribution in [3.05, 3.63) is 71.3 Å². The average Bonchev–Trinajstić information content (AvgIpc) is 2.38. The summed E-state index contributed by atoms with van der Waals surface area (Å²) in [6.07, 6.45) is 2.27. The van der Waals surface area contributed by atoms with Gasteiger partial charge in [0.15, 0.2) is 0 Å². The molecule has 0 atom stereocenters. The fraction of sp³-hybridized carbons (Fsp3) is 0.294. The van der Waals surface area contributed by atoms with E-state index in [1.54, 1.807) is 0 Å². The topological polar surface area (TPSA) is 0 Å². The molecule has 0 aliphatic heterocycles. The van der Waals surface area contributed by atoms with Crippen molar-refractivity contribution in [3.63, 3.8) is 0 Å². The molecule has 0 aromatic heterocycles. The van der Waals surface area contributed by atoms with Gasteiger partial charge in [-0.3, -0.25) is 0 Å². The van der Waals surface area contributed by atoms with Gasteiger partial charge in [0.25, 0.3) is 0 Å². The molecular formula is C17H20. The molecule has 0 aliphatic rings. The molecule has 2 aromatic carbocycles. The second kappa shape index (κ2) is 5.67. The van der Waals surface area contributed by atoms with Crippen molar-refractivity contribution < 1.29 is 0 Å². The summed E-state index contributed by atoms with van der Waals surface area (Å²) in [4.78, 5) is 0. The van der Waals surface area contributed by atoms with E-state index < -0.39 is 0 Å². The SMILES string of the molecule is CC(C)c1ccccc1CCc1ccccc1. The van der Waals surface area contributed by atoms with Gasteiger partial charge in [-0.2, -0.15) is 0 Å². The van der Waals surface area contributed by atoms with Gasteiger partial charge in [0.1, 0.15) is 0 Å². The Hall–Kier alpha value is -1.56. The predicted molar refractivity (Wildman–Crippen MR) is 74.4 cm³/mol. The minimum absolute atomic E-state index is 0.613. The molecule has 0 saturated carbocycles. The molecule has 0 radical (unpaired) electrons. The highest BCUT2D eigenvalue weighted by Gasteiger charge is 2.05. The van der Waals surface area contributed by atoms with Gasteiger partial charge < -0.3 is 0 Å². The van der Waals surface area contributed by atoms with Crippen LogP contribution >= 0.6 is 0 Å². The van der Waals surface area contributed by atoms with Gasteiger partial charge in [-0.1, -0.05) is 68.4 Å². The Balaban J connectivity index is 2.09. The third kappa shape index (κ3) is 3.20. The summed E-state index contributed by atoms with van der Waals surface area (Å²) in [7, 11) is 0. The van der Waals surface area contributed by atoms with Crippen LogP contribution < -0.4 is 0 Å². The Morgan fingerprint density at radius 2 is 1.41 bits per heavy atom. The molecule has 17 heavy (non-hydrogen) atoms. The van der Waals surface area contributed by atoms with Crippen LogP contribution in [0.4, 0.5) is 0 Å². The Morgan fingerprint density at radius 1 is 0.765 bits per heavy atom. The molecule has 88 valence electrons. The monoisotopic (exact) mass is 224 g/mol. The van der Waals surface area contributed by atoms with Gasteiger partial charge in [0.2, 0.25) is 0 Å². The van der Waals surface area contributed by atoms with Gasteiger partial charge in [-0.15, -0.1) is 0 Å². The summed E-state index contributed by atoms with van der Waals surface area (Å²) in [6.45, 7) is 4.53. The molecule has 0 fully saturated rings. The van der Waals surface area contributed by atoms with Gasteiger partial charge >= 0.3 is 0 Å². The number of hydrogen-bond acceptors (Lipinski definition) is 0. The largest absolute Gasteiger partial charge is 0.0622 e. The van der Waals surface area contributed by atoms with E-state index in [0.29, 0.717) is 5.92 Å². The van der Waals surface area contributed by atoms with Crippen LogP contribution in [-0.2, 0) is 12.8 Å². The van der Waals surface area contributed by atoms with E-state index in [4.69, 9.17) is 0 Å². The van der Waals surface area contributed by atoms with E-state index in [1.807, 2.05) is 0 Å². The zero-order valence-electron chi connectivity index (χ0n) is 10.7. The molecule has 2 rings (SSSR count). The third-order valence-electron chi connectivity index (χ3n) is 3.20. The second-order valence-corrected chi connectivity index (χ2v) is 4.84. The van der Waals surface area contributed by atoms with Crippen LogP contribution in [0.1, 0.15) is 36.5 Å². The number of hydrogen-bond donors (Lipinski definition) is 0. The van der Waals surface area contributed by atoms with Crippen LogP contribution in [0.25, 0.3) is 0 Å². The van der Waals surface area contributed by atoms with Crippen LogP contribution in [-0.4, -0.2) is 0 Å². The van der Waals surface area contributed by atoms with Crippen molar-refractivity contribution in [2.75, 3.05) is 0 Å². The predicted octanol–water partition coefficient (Wildman–Crippen LogP) is 4.60. The normalized spacial score (nSPS) is 10.8. The maximum absolute atomic E-state index is 2.27. The first-order chi connectivity index (χ1) is 8.27. The van der Waals surface area contributed by atoms with Crippen LogP contribution in [0.2, 0.25) is 0 Å². The summed E-state index contributed by atoms with van der Waals surface area (Å²) in [6, 6.07) is 19.5. The lowest BCUT2D eigenvalue weighted by Crippen LogP contribution is -1.98. The third-order valence-corrected chi connectivity index (χ3v) is 3.20. The van der Waals surface area contributed by atoms with E-state index in [1.165, 1.54) is 16.7 Å². The average molecular weight is 224 g/mol. The summed E-state index contributed by atoms with van der Waals surface area (Å²) in [5.74, 6) is 0.613. The van der Waals surface area contributed by atoms with Crippen molar-refractivity contribution in [2.45, 2.75) is 32.6 Å². The second-order valence-electron chi connectivity index (χ2n) is 4.84. The highest BCUT2D eigenvalue weighted by Crippen LogP contribution is 2.20. The lowest BCUT2D eigenvalue weighted by molar-refractivity contribution is 0.829. The molecule has 0 nitrogen and oxygen atoms in total. The Morgan fingerprint density at radius 3 is 2.12 bits per heavy atom. The van der Waals surface area contributed by atoms with Crippen LogP contribution in [0.5, 0.6) is 0 Å². The smallest absolute Gasteiger partial charge is 0.0216 e. The van der Waals surface area contributed by atoms with Crippen molar-refractivity contribution in [2.24, 2.45) is 0 Å². The minimum Gasteiger partial charge on any atom is -0.0622 e. The van der Waals surface area contributed by atoms with Crippen LogP contribution in [0, 0.1) is 0 Å². The Labute approximate surface area is 104 Å². The Kier molecular flexibility index (Phi) is 3.98. The summed E-state index contributed by atoms with van der Waals surface area (Å²) < 4.78 is 0. The van der Waals surface area contributed by atoms with E-state index >= 15 is 0 Å². The highest BCUT2D eigenvalue weighted by molar-refractivity contribution is 5.30. The van der Waals surface area contributed by atoms with E-state index in [9.17, 15) is 0 Å². The lowest BCUT2D eigenvalue weighted by atomic mass is 9.93. The molecule has 0 unspecified atom stereocenters. The summed E-state index contributed by atoms with van der Waals surface area (Å²) in [5, 5.41) is 0. The minimum atomic E-state index is 0.613. The first kappa shape index (κ1) is 11.9. The highest BCUT2D eigenvalue weighted by atomic mass is 14.1. The van der Waals surface area contributed by atoms with Crippen molar-refractivity contribution in [3.8, 4) is 0 Å². The van der Waals surface area contributed by atoms with Crippen molar-refractivity contribution in [1.29, 1.82) is 0 Å². The van der Waals surface area contributed by atoms with Crippen molar-refractivity contribution in [1.82, 2.24) is 0 Å². The standard InChI is InChI=1S/C17H20/c1-14(2)17-11-7-6-10-16(17)13-12-15-8-4-3-5-9-15/h3-11,14H,12-13H2,1-2H3. The van der Waals surface area contributed by atoms with E-state index in [0.717, 1.165) is 12.8 Å². The number of rotatable bonds is 4. The quantitative estimate of drug-likeness (QED) is 0.712. The molecule has 0 heterocycles. The number of aryl methyl sites for hydroxylation is 2. The van der Waals surface area contributed by atoms with Gasteiger partial charge in [0.05, 0.1) is 0 Å². The van der Waals surface area contributed by atoms with Crippen molar-refractivity contribution >= 4 is 0 Å². The van der Waals surface area contributed by atoms with Crippen LogP contribution in [0.15, 0.2) is 54.6 Å². The molecule has 0 bridgehead atoms. The van der Waals surface area contributed by atoms with Crippen LogP contribution in [0.3, 0.4) is 0 Å². The van der Waals surface area contributed by atoms with Gasteiger partial charge in [-0.25, -0.2) is 0 Å². The fourth-order valence-corrected chi connectivity index (χ4v) is 2.25. The zero-order valence-corrected chi connectivity index (χ0v) is 10.7. The Bertz CT molecular complexity index is 454. The molecule has 0 saturated heterocycles. The lowest BCUT2D eigenvalue weighted by Gasteiger charge is -2.12. The zero-order chi connectivity index (χ0) is 12.1. The summed E-state index contributed by atoms with van der Waals surface area (Å²) >= 11 is 0. The molecule has 0 N–H and O–H groups in total. The van der Waals surface area contributed by atoms with Gasteiger partial charge in [0, 0.05) is 0 Å². The molecular weight excluding hydrogens is 204 g/mol.